The van der Waals surface area contributed by atoms with Crippen LogP contribution in [0, 0.1) is 0 Å². The van der Waals surface area contributed by atoms with Gasteiger partial charge in [0.25, 0.3) is 0 Å². The molecule has 0 unspecified atom stereocenters. The number of hydrogen-bond acceptors (Lipinski definition) is 5. The molecule has 1 aliphatic rings. The fourth-order valence-electron chi connectivity index (χ4n) is 3.26. The number of benzene rings is 2. The van der Waals surface area contributed by atoms with Crippen LogP contribution >= 0.6 is 23.2 Å². The number of urea groups is 1. The smallest absolute Gasteiger partial charge is 0.322 e. The molecule has 0 aliphatic carbocycles. The first-order valence-corrected chi connectivity index (χ1v) is 10.1. The van der Waals surface area contributed by atoms with Gasteiger partial charge in [0.15, 0.2) is 17.3 Å². The molecule has 1 fully saturated rings. The van der Waals surface area contributed by atoms with Crippen LogP contribution in [0.3, 0.4) is 0 Å². The second-order valence-corrected chi connectivity index (χ2v) is 7.75. The summed E-state index contributed by atoms with van der Waals surface area (Å²) in [5.41, 5.74) is 1.14. The number of halogens is 2. The van der Waals surface area contributed by atoms with E-state index < -0.39 is 18.0 Å². The van der Waals surface area contributed by atoms with Crippen molar-refractivity contribution in [2.45, 2.75) is 19.0 Å². The molecule has 10 heteroatoms. The van der Waals surface area contributed by atoms with Crippen LogP contribution < -0.4 is 20.1 Å². The van der Waals surface area contributed by atoms with Gasteiger partial charge in [-0.3, -0.25) is 9.59 Å². The number of methoxy groups -OCH3 is 2. The van der Waals surface area contributed by atoms with E-state index in [9.17, 15) is 14.4 Å². The number of amides is 3. The molecule has 0 saturated carbocycles. The predicted octanol–water partition coefficient (Wildman–Crippen LogP) is 3.50. The molecule has 164 valence electrons. The zero-order valence-corrected chi connectivity index (χ0v) is 18.4. The number of anilines is 1. The molecular formula is C21H21Cl2N3O5. The van der Waals surface area contributed by atoms with E-state index in [1.54, 1.807) is 18.2 Å². The van der Waals surface area contributed by atoms with E-state index in [0.717, 1.165) is 5.56 Å². The zero-order chi connectivity index (χ0) is 22.5. The highest BCUT2D eigenvalue weighted by Crippen LogP contribution is 2.28. The molecule has 3 amide bonds. The number of carbonyl (C=O) groups is 3. The normalized spacial score (nSPS) is 15.5. The molecule has 2 aromatic carbocycles. The van der Waals surface area contributed by atoms with E-state index >= 15 is 0 Å². The van der Waals surface area contributed by atoms with Crippen molar-refractivity contribution in [3.63, 3.8) is 0 Å². The summed E-state index contributed by atoms with van der Waals surface area (Å²) in [7, 11) is 3.06. The van der Waals surface area contributed by atoms with Gasteiger partial charge in [-0.05, 0) is 35.9 Å². The van der Waals surface area contributed by atoms with Gasteiger partial charge in [0.1, 0.15) is 6.04 Å². The lowest BCUT2D eigenvalue weighted by Gasteiger charge is -2.23. The van der Waals surface area contributed by atoms with Gasteiger partial charge < -0.3 is 25.0 Å². The van der Waals surface area contributed by atoms with Gasteiger partial charge in [-0.1, -0.05) is 29.3 Å². The Morgan fingerprint density at radius 3 is 2.39 bits per heavy atom. The quantitative estimate of drug-likeness (QED) is 0.680. The molecule has 2 aromatic rings. The first-order chi connectivity index (χ1) is 14.8. The van der Waals surface area contributed by atoms with Crippen LogP contribution in [-0.2, 0) is 16.1 Å². The molecule has 8 nitrogen and oxygen atoms in total. The topological polar surface area (TPSA) is 97.0 Å². The van der Waals surface area contributed by atoms with Crippen LogP contribution in [0.5, 0.6) is 11.5 Å². The summed E-state index contributed by atoms with van der Waals surface area (Å²) in [5, 5.41) is 6.10. The number of ketones is 1. The zero-order valence-electron chi connectivity index (χ0n) is 16.9. The van der Waals surface area contributed by atoms with E-state index in [1.807, 2.05) is 0 Å². The highest BCUT2D eigenvalue weighted by atomic mass is 35.5. The minimum Gasteiger partial charge on any atom is -0.493 e. The number of rotatable bonds is 6. The lowest BCUT2D eigenvalue weighted by molar-refractivity contribution is -0.125. The number of nitrogens with one attached hydrogen (secondary N) is 2. The van der Waals surface area contributed by atoms with Crippen molar-refractivity contribution in [3.05, 3.63) is 52.0 Å². The van der Waals surface area contributed by atoms with Gasteiger partial charge in [0.2, 0.25) is 5.91 Å². The molecule has 31 heavy (non-hydrogen) atoms. The van der Waals surface area contributed by atoms with Crippen LogP contribution in [0.4, 0.5) is 10.5 Å². The molecule has 0 radical (unpaired) electrons. The Labute approximate surface area is 189 Å². The molecule has 1 aliphatic heterocycles. The van der Waals surface area contributed by atoms with Gasteiger partial charge >= 0.3 is 6.03 Å². The van der Waals surface area contributed by atoms with E-state index in [1.165, 1.54) is 37.3 Å². The maximum absolute atomic E-state index is 12.7. The summed E-state index contributed by atoms with van der Waals surface area (Å²) in [5.74, 6) is 0.472. The van der Waals surface area contributed by atoms with Crippen LogP contribution in [-0.4, -0.2) is 49.4 Å². The fraction of sp³-hybridized carbons (Fsp3) is 0.286. The predicted molar refractivity (Wildman–Crippen MR) is 117 cm³/mol. The van der Waals surface area contributed by atoms with E-state index in [4.69, 9.17) is 32.7 Å². The highest BCUT2D eigenvalue weighted by molar-refractivity contribution is 6.35. The number of ether oxygens (including phenoxy) is 2. The average Bonchev–Trinajstić information content (AvgIpc) is 3.13. The Kier molecular flexibility index (Phi) is 7.25. The summed E-state index contributed by atoms with van der Waals surface area (Å²) in [6.07, 6.45) is -0.0541. The van der Waals surface area contributed by atoms with Crippen LogP contribution in [0.2, 0.25) is 10.0 Å². The van der Waals surface area contributed by atoms with Crippen molar-refractivity contribution in [1.29, 1.82) is 0 Å². The second kappa shape index (κ2) is 9.89. The van der Waals surface area contributed by atoms with E-state index in [2.05, 4.69) is 10.6 Å². The fourth-order valence-corrected chi connectivity index (χ4v) is 3.78. The molecule has 1 saturated heterocycles. The highest BCUT2D eigenvalue weighted by Gasteiger charge is 2.38. The Bertz CT molecular complexity index is 994. The lowest BCUT2D eigenvalue weighted by Crippen LogP contribution is -2.47. The van der Waals surface area contributed by atoms with Gasteiger partial charge in [-0.25, -0.2) is 4.79 Å². The Morgan fingerprint density at radius 1 is 1.06 bits per heavy atom. The minimum atomic E-state index is -0.915. The van der Waals surface area contributed by atoms with Gasteiger partial charge in [-0.15, -0.1) is 0 Å². The Balaban J connectivity index is 1.66. The molecule has 1 heterocycles. The molecule has 3 rings (SSSR count). The number of hydrogen-bond donors (Lipinski definition) is 2. The SMILES string of the molecule is COc1ccc(CNC(=O)[C@@H]2CC(=O)CN2C(=O)Nc2cc(Cl)cc(Cl)c2)cc1OC. The first-order valence-electron chi connectivity index (χ1n) is 9.34. The van der Waals surface area contributed by atoms with Crippen molar-refractivity contribution >= 4 is 46.6 Å². The lowest BCUT2D eigenvalue weighted by atomic mass is 10.1. The maximum Gasteiger partial charge on any atom is 0.322 e. The van der Waals surface area contributed by atoms with Gasteiger partial charge in [0, 0.05) is 28.7 Å². The van der Waals surface area contributed by atoms with Crippen LogP contribution in [0.15, 0.2) is 36.4 Å². The second-order valence-electron chi connectivity index (χ2n) is 6.88. The molecule has 2 N–H and O–H groups in total. The van der Waals surface area contributed by atoms with Crippen LogP contribution in [0.1, 0.15) is 12.0 Å². The van der Waals surface area contributed by atoms with Crippen molar-refractivity contribution < 1.29 is 23.9 Å². The molecule has 0 aromatic heterocycles. The van der Waals surface area contributed by atoms with E-state index in [-0.39, 0.29) is 25.3 Å². The third-order valence-corrected chi connectivity index (χ3v) is 5.17. The Hall–Kier alpha value is -2.97. The summed E-state index contributed by atoms with van der Waals surface area (Å²) < 4.78 is 10.5. The molecule has 0 bridgehead atoms. The van der Waals surface area contributed by atoms with Crippen molar-refractivity contribution in [1.82, 2.24) is 10.2 Å². The largest absolute Gasteiger partial charge is 0.493 e. The number of nitrogens with zero attached hydrogens (tertiary/aromatic N) is 1. The number of carbonyl (C=O) groups excluding carboxylic acids is 3. The minimum absolute atomic E-state index is 0.0541. The third kappa shape index (κ3) is 5.59. The summed E-state index contributed by atoms with van der Waals surface area (Å²) >= 11 is 11.9. The van der Waals surface area contributed by atoms with Crippen molar-refractivity contribution in [2.24, 2.45) is 0 Å². The summed E-state index contributed by atoms with van der Waals surface area (Å²) in [4.78, 5) is 38.6. The third-order valence-electron chi connectivity index (χ3n) is 4.74. The molecule has 0 spiro atoms. The van der Waals surface area contributed by atoms with Crippen molar-refractivity contribution in [2.75, 3.05) is 26.1 Å². The molecular weight excluding hydrogens is 445 g/mol. The van der Waals surface area contributed by atoms with E-state index in [0.29, 0.717) is 27.2 Å². The maximum atomic E-state index is 12.7. The number of Topliss-reactive ketones (excluding diaryl/α,β-unsaturated/α-hetero) is 1. The monoisotopic (exact) mass is 465 g/mol. The van der Waals surface area contributed by atoms with Crippen LogP contribution in [0.25, 0.3) is 0 Å². The van der Waals surface area contributed by atoms with Crippen molar-refractivity contribution in [3.8, 4) is 11.5 Å². The Morgan fingerprint density at radius 2 is 1.74 bits per heavy atom. The molecule has 1 atom stereocenters. The summed E-state index contributed by atoms with van der Waals surface area (Å²) in [6, 6.07) is 8.33. The average molecular weight is 466 g/mol. The first kappa shape index (κ1) is 22.7. The summed E-state index contributed by atoms with van der Waals surface area (Å²) in [6.45, 7) is 0.0395. The number of likely N-dealkylation sites (tertiary alicyclic amines) is 1. The van der Waals surface area contributed by atoms with Gasteiger partial charge in [0.05, 0.1) is 20.8 Å². The standard InChI is InChI=1S/C21H21Cl2N3O5/c1-30-18-4-3-12(5-19(18)31-2)10-24-20(28)17-9-16(27)11-26(17)21(29)25-15-7-13(22)6-14(23)8-15/h3-8,17H,9-11H2,1-2H3,(H,24,28)(H,25,29)/t17-/m0/s1. The van der Waals surface area contributed by atoms with Gasteiger partial charge in [-0.2, -0.15) is 0 Å².